The van der Waals surface area contributed by atoms with E-state index < -0.39 is 46.8 Å². The molecule has 0 spiro atoms. The minimum absolute atomic E-state index is 0.0433. The topological polar surface area (TPSA) is 129 Å². The smallest absolute Gasteiger partial charge is 0.191 e. The van der Waals surface area contributed by atoms with Crippen molar-refractivity contribution in [2.45, 2.75) is 95.3 Å². The Hall–Kier alpha value is -0.320. The van der Waals surface area contributed by atoms with Crippen molar-refractivity contribution < 1.29 is 39.7 Å². The van der Waals surface area contributed by atoms with E-state index in [1.807, 2.05) is 20.8 Å². The second-order valence-corrected chi connectivity index (χ2v) is 10.4. The average molecular weight is 433 g/mol. The summed E-state index contributed by atoms with van der Waals surface area (Å²) in [7, 11) is 2.77. The molecule has 8 heteroatoms. The molecule has 0 aromatic heterocycles. The number of fused-ring (bicyclic) bond motifs is 1. The lowest BCUT2D eigenvalue weighted by Crippen LogP contribution is -2.67. The van der Waals surface area contributed by atoms with Crippen molar-refractivity contribution in [3.63, 3.8) is 0 Å². The SMILES string of the molecule is COC1OC(OC)C(O)(CC[C@@]2(O)[C@H](C)C[C@@H](O)C3[C@@](C)(CO)CCC[C@]32C)C1O. The molecular weight excluding hydrogens is 392 g/mol. The summed E-state index contributed by atoms with van der Waals surface area (Å²) >= 11 is 0. The van der Waals surface area contributed by atoms with E-state index in [-0.39, 0.29) is 31.3 Å². The van der Waals surface area contributed by atoms with Crippen molar-refractivity contribution in [3.8, 4) is 0 Å². The molecule has 30 heavy (non-hydrogen) atoms. The molecule has 0 aromatic rings. The fraction of sp³-hybridized carbons (Fsp3) is 1.00. The van der Waals surface area contributed by atoms with Crippen LogP contribution in [0.15, 0.2) is 0 Å². The molecule has 0 bridgehead atoms. The van der Waals surface area contributed by atoms with E-state index in [1.165, 1.54) is 14.2 Å². The van der Waals surface area contributed by atoms with Crippen molar-refractivity contribution in [2.24, 2.45) is 22.7 Å². The van der Waals surface area contributed by atoms with E-state index in [1.54, 1.807) is 0 Å². The van der Waals surface area contributed by atoms with Gasteiger partial charge in [-0.05, 0) is 43.4 Å². The first-order chi connectivity index (χ1) is 13.9. The third-order valence-corrected chi connectivity index (χ3v) is 8.82. The summed E-state index contributed by atoms with van der Waals surface area (Å²) in [5.74, 6) is -0.494. The fourth-order valence-corrected chi connectivity index (χ4v) is 7.07. The second kappa shape index (κ2) is 8.23. The van der Waals surface area contributed by atoms with Crippen molar-refractivity contribution in [2.75, 3.05) is 20.8 Å². The Balaban J connectivity index is 1.92. The van der Waals surface area contributed by atoms with E-state index in [9.17, 15) is 25.5 Å². The molecule has 3 rings (SSSR count). The molecule has 1 aliphatic heterocycles. The summed E-state index contributed by atoms with van der Waals surface area (Å²) in [5.41, 5.74) is -4.07. The molecule has 176 valence electrons. The third-order valence-electron chi connectivity index (χ3n) is 8.82. The van der Waals surface area contributed by atoms with Crippen molar-refractivity contribution >= 4 is 0 Å². The normalized spacial score (nSPS) is 54.2. The Kier molecular flexibility index (Phi) is 6.67. The number of aliphatic hydroxyl groups excluding tert-OH is 3. The van der Waals surface area contributed by atoms with Gasteiger partial charge < -0.3 is 39.7 Å². The van der Waals surface area contributed by atoms with Crippen LogP contribution in [0.25, 0.3) is 0 Å². The first kappa shape index (κ1) is 24.3. The van der Waals surface area contributed by atoms with Gasteiger partial charge in [-0.25, -0.2) is 0 Å². The van der Waals surface area contributed by atoms with Crippen LogP contribution in [0.1, 0.15) is 59.3 Å². The van der Waals surface area contributed by atoms with Gasteiger partial charge in [0.05, 0.1) is 11.7 Å². The Morgan fingerprint density at radius 1 is 1.03 bits per heavy atom. The van der Waals surface area contributed by atoms with E-state index in [0.717, 1.165) is 19.3 Å². The highest BCUT2D eigenvalue weighted by molar-refractivity contribution is 5.15. The predicted molar refractivity (Wildman–Crippen MR) is 108 cm³/mol. The molecule has 0 aromatic carbocycles. The van der Waals surface area contributed by atoms with E-state index in [4.69, 9.17) is 14.2 Å². The molecule has 8 nitrogen and oxygen atoms in total. The average Bonchev–Trinajstić information content (AvgIpc) is 2.95. The number of methoxy groups -OCH3 is 2. The maximum atomic E-state index is 12.1. The van der Waals surface area contributed by atoms with Gasteiger partial charge in [0.15, 0.2) is 12.6 Å². The zero-order valence-electron chi connectivity index (χ0n) is 18.9. The molecular formula is C22H40O8. The number of rotatable bonds is 6. The van der Waals surface area contributed by atoms with Crippen LogP contribution in [0, 0.1) is 22.7 Å². The second-order valence-electron chi connectivity index (χ2n) is 10.4. The van der Waals surface area contributed by atoms with Gasteiger partial charge in [0.1, 0.15) is 11.7 Å². The molecule has 2 saturated carbocycles. The lowest BCUT2D eigenvalue weighted by molar-refractivity contribution is -0.260. The van der Waals surface area contributed by atoms with Gasteiger partial charge >= 0.3 is 0 Å². The number of hydrogen-bond donors (Lipinski definition) is 5. The Morgan fingerprint density at radius 2 is 1.70 bits per heavy atom. The van der Waals surface area contributed by atoms with Crippen LogP contribution in [0.2, 0.25) is 0 Å². The predicted octanol–water partition coefficient (Wildman–Crippen LogP) is 0.771. The first-order valence-corrected chi connectivity index (χ1v) is 11.1. The number of hydrogen-bond acceptors (Lipinski definition) is 8. The molecule has 3 fully saturated rings. The van der Waals surface area contributed by atoms with Gasteiger partial charge in [-0.15, -0.1) is 0 Å². The zero-order valence-corrected chi connectivity index (χ0v) is 18.9. The summed E-state index contributed by atoms with van der Waals surface area (Å²) in [6, 6.07) is 0. The summed E-state index contributed by atoms with van der Waals surface area (Å²) in [5, 5.41) is 55.1. The molecule has 5 unspecified atom stereocenters. The van der Waals surface area contributed by atoms with Crippen LogP contribution in [0.4, 0.5) is 0 Å². The van der Waals surface area contributed by atoms with Gasteiger partial charge in [0, 0.05) is 32.2 Å². The van der Waals surface area contributed by atoms with Crippen LogP contribution in [-0.4, -0.2) is 82.3 Å². The Morgan fingerprint density at radius 3 is 2.27 bits per heavy atom. The quantitative estimate of drug-likeness (QED) is 0.416. The van der Waals surface area contributed by atoms with Crippen LogP contribution >= 0.6 is 0 Å². The highest BCUT2D eigenvalue weighted by atomic mass is 16.8. The lowest BCUT2D eigenvalue weighted by atomic mass is 9.43. The number of aliphatic hydroxyl groups is 5. The van der Waals surface area contributed by atoms with E-state index >= 15 is 0 Å². The fourth-order valence-electron chi connectivity index (χ4n) is 7.07. The summed E-state index contributed by atoms with van der Waals surface area (Å²) < 4.78 is 15.9. The summed E-state index contributed by atoms with van der Waals surface area (Å²) in [4.78, 5) is 0. The van der Waals surface area contributed by atoms with Gasteiger partial charge in [0.25, 0.3) is 0 Å². The molecule has 3 aliphatic rings. The maximum Gasteiger partial charge on any atom is 0.191 e. The molecule has 10 atom stereocenters. The lowest BCUT2D eigenvalue weighted by Gasteiger charge is -2.65. The standard InChI is InChI=1S/C22H40O8/c1-13-11-14(24)15-19(2,12-23)7-6-8-20(15,3)22(13,27)10-9-21(26)16(25)17(28-4)30-18(21)29-5/h13-18,23-27H,6-12H2,1-5H3/t13-,14-,15?,16?,17?,18?,19-,20-,21?,22-/m1/s1. The monoisotopic (exact) mass is 432 g/mol. The maximum absolute atomic E-state index is 12.1. The van der Waals surface area contributed by atoms with Crippen molar-refractivity contribution in [1.82, 2.24) is 0 Å². The molecule has 5 N–H and O–H groups in total. The highest BCUT2D eigenvalue weighted by Gasteiger charge is 2.66. The van der Waals surface area contributed by atoms with Crippen molar-refractivity contribution in [3.05, 3.63) is 0 Å². The van der Waals surface area contributed by atoms with Crippen LogP contribution in [-0.2, 0) is 14.2 Å². The van der Waals surface area contributed by atoms with Gasteiger partial charge in [-0.2, -0.15) is 0 Å². The molecule has 0 amide bonds. The number of ether oxygens (including phenoxy) is 3. The Bertz CT molecular complexity index is 614. The minimum Gasteiger partial charge on any atom is -0.396 e. The molecule has 2 aliphatic carbocycles. The third kappa shape index (κ3) is 3.35. The molecule has 0 radical (unpaired) electrons. The highest BCUT2D eigenvalue weighted by Crippen LogP contribution is 2.64. The first-order valence-electron chi connectivity index (χ1n) is 11.1. The van der Waals surface area contributed by atoms with Gasteiger partial charge in [0.2, 0.25) is 0 Å². The zero-order chi connectivity index (χ0) is 22.5. The van der Waals surface area contributed by atoms with E-state index in [0.29, 0.717) is 6.42 Å². The van der Waals surface area contributed by atoms with E-state index in [2.05, 4.69) is 0 Å². The largest absolute Gasteiger partial charge is 0.396 e. The Labute approximate surface area is 179 Å². The summed E-state index contributed by atoms with van der Waals surface area (Å²) in [6.07, 6.45) is -1.02. The molecule has 1 heterocycles. The minimum atomic E-state index is -1.73. The molecule has 1 saturated heterocycles. The van der Waals surface area contributed by atoms with Crippen LogP contribution < -0.4 is 0 Å². The van der Waals surface area contributed by atoms with Crippen LogP contribution in [0.5, 0.6) is 0 Å². The van der Waals surface area contributed by atoms with Crippen molar-refractivity contribution in [1.29, 1.82) is 0 Å². The van der Waals surface area contributed by atoms with Gasteiger partial charge in [-0.3, -0.25) is 0 Å². The van der Waals surface area contributed by atoms with Gasteiger partial charge in [-0.1, -0.05) is 27.2 Å². The van der Waals surface area contributed by atoms with Crippen LogP contribution in [0.3, 0.4) is 0 Å². The summed E-state index contributed by atoms with van der Waals surface area (Å²) in [6.45, 7) is 5.86.